The highest BCUT2D eigenvalue weighted by Crippen LogP contribution is 2.37. The number of ether oxygens (including phenoxy) is 5. The Kier molecular flexibility index (Phi) is 6.82. The Balaban J connectivity index is 1.59. The average molecular weight is 466 g/mol. The maximum atomic E-state index is 12.3. The molecule has 0 spiro atoms. The van der Waals surface area contributed by atoms with Crippen molar-refractivity contribution in [2.24, 2.45) is 0 Å². The molecule has 2 aromatic carbocycles. The molecular formula is C20H20BrNO7. The van der Waals surface area contributed by atoms with Gasteiger partial charge in [-0.15, -0.1) is 0 Å². The molecule has 1 amide bonds. The molecule has 0 saturated heterocycles. The van der Waals surface area contributed by atoms with Crippen molar-refractivity contribution < 1.29 is 33.3 Å². The van der Waals surface area contributed by atoms with Crippen molar-refractivity contribution in [2.75, 3.05) is 32.4 Å². The zero-order valence-corrected chi connectivity index (χ0v) is 17.5. The molecule has 0 bridgehead atoms. The van der Waals surface area contributed by atoms with Gasteiger partial charge in [0.15, 0.2) is 29.6 Å². The highest BCUT2D eigenvalue weighted by Gasteiger charge is 2.18. The van der Waals surface area contributed by atoms with Gasteiger partial charge in [0.05, 0.1) is 23.8 Å². The number of anilines is 1. The number of benzene rings is 2. The van der Waals surface area contributed by atoms with Crippen LogP contribution in [-0.4, -0.2) is 39.0 Å². The summed E-state index contributed by atoms with van der Waals surface area (Å²) in [6.45, 7) is 2.20. The molecule has 1 aliphatic heterocycles. The Morgan fingerprint density at radius 3 is 2.72 bits per heavy atom. The average Bonchev–Trinajstić information content (AvgIpc) is 3.18. The summed E-state index contributed by atoms with van der Waals surface area (Å²) in [5.74, 6) is 0.913. The zero-order chi connectivity index (χ0) is 20.8. The van der Waals surface area contributed by atoms with Crippen molar-refractivity contribution in [3.63, 3.8) is 0 Å². The molecule has 0 radical (unpaired) electrons. The fraction of sp³-hybridized carbons (Fsp3) is 0.300. The largest absolute Gasteiger partial charge is 0.493 e. The van der Waals surface area contributed by atoms with E-state index in [0.29, 0.717) is 39.8 Å². The Labute approximate surface area is 176 Å². The predicted octanol–water partition coefficient (Wildman–Crippen LogP) is 3.77. The summed E-state index contributed by atoms with van der Waals surface area (Å²) in [7, 11) is 1.48. The normalized spacial score (nSPS) is 11.7. The number of methoxy groups -OCH3 is 1. The standard InChI is InChI=1S/C20H20BrNO7/c1-3-6-26-19-14(21)7-12(8-17(19)25-2)20(24)27-10-18(23)22-13-4-5-15-16(9-13)29-11-28-15/h4-5,7-9H,3,6,10-11H2,1-2H3,(H,22,23). The van der Waals surface area contributed by atoms with Gasteiger partial charge in [-0.05, 0) is 46.6 Å². The first-order valence-electron chi connectivity index (χ1n) is 8.88. The summed E-state index contributed by atoms with van der Waals surface area (Å²) in [5, 5.41) is 2.64. The fourth-order valence-electron chi connectivity index (χ4n) is 2.57. The van der Waals surface area contributed by atoms with Gasteiger partial charge in [0, 0.05) is 11.8 Å². The van der Waals surface area contributed by atoms with Crippen LogP contribution in [0.5, 0.6) is 23.0 Å². The monoisotopic (exact) mass is 465 g/mol. The van der Waals surface area contributed by atoms with E-state index in [1.54, 1.807) is 24.3 Å². The lowest BCUT2D eigenvalue weighted by atomic mass is 10.2. The van der Waals surface area contributed by atoms with E-state index < -0.39 is 18.5 Å². The first-order chi connectivity index (χ1) is 14.0. The Morgan fingerprint density at radius 2 is 1.97 bits per heavy atom. The van der Waals surface area contributed by atoms with Crippen LogP contribution in [0.3, 0.4) is 0 Å². The molecule has 29 heavy (non-hydrogen) atoms. The van der Waals surface area contributed by atoms with Gasteiger partial charge in [-0.3, -0.25) is 4.79 Å². The first kappa shape index (κ1) is 20.8. The molecule has 0 fully saturated rings. The van der Waals surface area contributed by atoms with Gasteiger partial charge < -0.3 is 29.0 Å². The number of hydrogen-bond donors (Lipinski definition) is 1. The van der Waals surface area contributed by atoms with E-state index in [-0.39, 0.29) is 12.4 Å². The summed E-state index contributed by atoms with van der Waals surface area (Å²) in [6, 6.07) is 8.07. The second-order valence-corrected chi connectivity index (χ2v) is 6.88. The van der Waals surface area contributed by atoms with Crippen molar-refractivity contribution in [3.05, 3.63) is 40.4 Å². The molecule has 0 aromatic heterocycles. The van der Waals surface area contributed by atoms with E-state index in [1.807, 2.05) is 6.92 Å². The van der Waals surface area contributed by atoms with Crippen LogP contribution < -0.4 is 24.3 Å². The van der Waals surface area contributed by atoms with Gasteiger partial charge in [0.25, 0.3) is 5.91 Å². The number of carbonyl (C=O) groups excluding carboxylic acids is 2. The maximum absolute atomic E-state index is 12.3. The first-order valence-corrected chi connectivity index (χ1v) is 9.68. The van der Waals surface area contributed by atoms with Crippen LogP contribution in [0.1, 0.15) is 23.7 Å². The molecule has 0 atom stereocenters. The predicted molar refractivity (Wildman–Crippen MR) is 108 cm³/mol. The summed E-state index contributed by atoms with van der Waals surface area (Å²) in [6.07, 6.45) is 0.831. The van der Waals surface area contributed by atoms with E-state index in [0.717, 1.165) is 6.42 Å². The van der Waals surface area contributed by atoms with E-state index >= 15 is 0 Å². The van der Waals surface area contributed by atoms with E-state index in [1.165, 1.54) is 13.2 Å². The van der Waals surface area contributed by atoms with Gasteiger partial charge in [-0.2, -0.15) is 0 Å². The third kappa shape index (κ3) is 5.11. The summed E-state index contributed by atoms with van der Waals surface area (Å²) in [4.78, 5) is 24.4. The Hall–Kier alpha value is -2.94. The lowest BCUT2D eigenvalue weighted by Gasteiger charge is -2.13. The van der Waals surface area contributed by atoms with Crippen LogP contribution in [0.15, 0.2) is 34.8 Å². The molecule has 0 saturated carbocycles. The highest BCUT2D eigenvalue weighted by molar-refractivity contribution is 9.10. The quantitative estimate of drug-likeness (QED) is 0.593. The molecule has 1 aliphatic rings. The number of hydrogen-bond acceptors (Lipinski definition) is 7. The van der Waals surface area contributed by atoms with Gasteiger partial charge in [-0.1, -0.05) is 6.92 Å². The lowest BCUT2D eigenvalue weighted by molar-refractivity contribution is -0.119. The third-order valence-corrected chi connectivity index (χ3v) is 4.50. The molecule has 0 unspecified atom stereocenters. The van der Waals surface area contributed by atoms with Gasteiger partial charge in [0.1, 0.15) is 0 Å². The number of fused-ring (bicyclic) bond motifs is 1. The van der Waals surface area contributed by atoms with Crippen LogP contribution in [0.25, 0.3) is 0 Å². The van der Waals surface area contributed by atoms with Crippen LogP contribution in [-0.2, 0) is 9.53 Å². The highest BCUT2D eigenvalue weighted by atomic mass is 79.9. The maximum Gasteiger partial charge on any atom is 0.338 e. The molecule has 9 heteroatoms. The van der Waals surface area contributed by atoms with E-state index in [4.69, 9.17) is 23.7 Å². The van der Waals surface area contributed by atoms with Crippen molar-refractivity contribution in [2.45, 2.75) is 13.3 Å². The number of halogens is 1. The molecular weight excluding hydrogens is 446 g/mol. The fourth-order valence-corrected chi connectivity index (χ4v) is 3.12. The molecule has 0 aliphatic carbocycles. The SMILES string of the molecule is CCCOc1c(Br)cc(C(=O)OCC(=O)Nc2ccc3c(c2)OCO3)cc1OC. The number of carbonyl (C=O) groups is 2. The zero-order valence-electron chi connectivity index (χ0n) is 16.0. The summed E-state index contributed by atoms with van der Waals surface area (Å²) >= 11 is 3.37. The molecule has 2 aromatic rings. The van der Waals surface area contributed by atoms with Crippen molar-refractivity contribution in [1.82, 2.24) is 0 Å². The molecule has 8 nitrogen and oxygen atoms in total. The van der Waals surface area contributed by atoms with Crippen LogP contribution in [0, 0.1) is 0 Å². The summed E-state index contributed by atoms with van der Waals surface area (Å²) < 4.78 is 27.1. The minimum Gasteiger partial charge on any atom is -0.493 e. The number of esters is 1. The third-order valence-electron chi connectivity index (χ3n) is 3.91. The minimum absolute atomic E-state index is 0.144. The topological polar surface area (TPSA) is 92.3 Å². The van der Waals surface area contributed by atoms with Crippen molar-refractivity contribution >= 4 is 33.5 Å². The van der Waals surface area contributed by atoms with E-state index in [9.17, 15) is 9.59 Å². The van der Waals surface area contributed by atoms with Gasteiger partial charge in [0.2, 0.25) is 6.79 Å². The van der Waals surface area contributed by atoms with Crippen molar-refractivity contribution in [3.8, 4) is 23.0 Å². The minimum atomic E-state index is -0.660. The molecule has 1 heterocycles. The number of rotatable bonds is 8. The van der Waals surface area contributed by atoms with E-state index in [2.05, 4.69) is 21.2 Å². The Bertz CT molecular complexity index is 916. The van der Waals surface area contributed by atoms with Crippen molar-refractivity contribution in [1.29, 1.82) is 0 Å². The number of nitrogens with one attached hydrogen (secondary N) is 1. The smallest absolute Gasteiger partial charge is 0.338 e. The molecule has 154 valence electrons. The molecule has 3 rings (SSSR count). The van der Waals surface area contributed by atoms with Gasteiger partial charge >= 0.3 is 5.97 Å². The lowest BCUT2D eigenvalue weighted by Crippen LogP contribution is -2.21. The van der Waals surface area contributed by atoms with Crippen LogP contribution in [0.4, 0.5) is 5.69 Å². The second kappa shape index (κ2) is 9.51. The Morgan fingerprint density at radius 1 is 1.17 bits per heavy atom. The van der Waals surface area contributed by atoms with Gasteiger partial charge in [-0.25, -0.2) is 4.79 Å². The second-order valence-electron chi connectivity index (χ2n) is 6.03. The molecule has 1 N–H and O–H groups in total. The van der Waals surface area contributed by atoms with Crippen LogP contribution >= 0.6 is 15.9 Å². The summed E-state index contributed by atoms with van der Waals surface area (Å²) in [5.41, 5.74) is 0.741. The number of amides is 1. The van der Waals surface area contributed by atoms with Crippen LogP contribution in [0.2, 0.25) is 0 Å².